The Bertz CT molecular complexity index is 1000. The molecule has 0 atom stereocenters. The van der Waals surface area contributed by atoms with Crippen LogP contribution >= 0.6 is 23.2 Å². The highest BCUT2D eigenvalue weighted by atomic mass is 35.5. The first kappa shape index (κ1) is 19.5. The van der Waals surface area contributed by atoms with E-state index in [1.54, 1.807) is 6.07 Å². The zero-order valence-electron chi connectivity index (χ0n) is 15.0. The zero-order chi connectivity index (χ0) is 19.6. The number of ether oxygens (including phenoxy) is 1. The van der Waals surface area contributed by atoms with Crippen molar-refractivity contribution in [2.45, 2.75) is 33.2 Å². The quantitative estimate of drug-likeness (QED) is 0.455. The molecule has 1 N–H and O–H groups in total. The van der Waals surface area contributed by atoms with Gasteiger partial charge in [0.1, 0.15) is 21.9 Å². The van der Waals surface area contributed by atoms with Crippen LogP contribution in [0.1, 0.15) is 29.8 Å². The molecule has 142 valence electrons. The van der Waals surface area contributed by atoms with Gasteiger partial charge in [-0.05, 0) is 38.0 Å². The van der Waals surface area contributed by atoms with Gasteiger partial charge in [-0.1, -0.05) is 29.3 Å². The molecule has 0 bridgehead atoms. The fraction of sp³-hybridized carbons (Fsp3) is 0.316. The molecule has 27 heavy (non-hydrogen) atoms. The normalized spacial score (nSPS) is 11.1. The number of carboxylic acid groups (broad SMARTS) is 1. The average Bonchev–Trinajstić information content (AvgIpc) is 2.90. The van der Waals surface area contributed by atoms with Gasteiger partial charge in [0.15, 0.2) is 0 Å². The van der Waals surface area contributed by atoms with Crippen molar-refractivity contribution >= 4 is 40.2 Å². The smallest absolute Gasteiger partial charge is 0.303 e. The Morgan fingerprint density at radius 1 is 1.22 bits per heavy atom. The number of carbonyl (C=O) groups is 1. The van der Waals surface area contributed by atoms with E-state index in [4.69, 9.17) is 33.0 Å². The van der Waals surface area contributed by atoms with E-state index in [0.29, 0.717) is 35.6 Å². The number of hydrogen-bond donors (Lipinski definition) is 1. The SMILES string of the molecule is Cc1cc(OCCCC(=O)O)cc2c1nc(C)n2Cc1ccc(Cl)nc1Cl. The Labute approximate surface area is 166 Å². The Morgan fingerprint density at radius 2 is 2.00 bits per heavy atom. The molecule has 2 aromatic heterocycles. The molecule has 6 nitrogen and oxygen atoms in total. The van der Waals surface area contributed by atoms with E-state index in [0.717, 1.165) is 28.0 Å². The molecule has 0 spiro atoms. The fourth-order valence-electron chi connectivity index (χ4n) is 2.90. The molecule has 3 aromatic rings. The zero-order valence-corrected chi connectivity index (χ0v) is 16.5. The number of hydrogen-bond acceptors (Lipinski definition) is 4. The molecule has 0 amide bonds. The van der Waals surface area contributed by atoms with Crippen molar-refractivity contribution in [2.24, 2.45) is 0 Å². The van der Waals surface area contributed by atoms with Crippen LogP contribution in [0.4, 0.5) is 0 Å². The largest absolute Gasteiger partial charge is 0.493 e. The van der Waals surface area contributed by atoms with Crippen LogP contribution in [0.25, 0.3) is 11.0 Å². The summed E-state index contributed by atoms with van der Waals surface area (Å²) in [6.07, 6.45) is 0.539. The van der Waals surface area contributed by atoms with Gasteiger partial charge in [0, 0.05) is 18.1 Å². The molecule has 0 unspecified atom stereocenters. The Hall–Kier alpha value is -2.31. The Kier molecular flexibility index (Phi) is 5.87. The standard InChI is InChI=1S/C19H19Cl2N3O3/c1-11-8-14(27-7-3-4-17(25)26)9-15-18(11)22-12(2)24(15)10-13-5-6-16(20)23-19(13)21/h5-6,8-9H,3-4,7,10H2,1-2H3,(H,25,26). The molecule has 0 aliphatic carbocycles. The summed E-state index contributed by atoms with van der Waals surface area (Å²) in [5.41, 5.74) is 3.65. The molecule has 2 heterocycles. The summed E-state index contributed by atoms with van der Waals surface area (Å²) in [6, 6.07) is 7.39. The molecular formula is C19H19Cl2N3O3. The number of aromatic nitrogens is 3. The summed E-state index contributed by atoms with van der Waals surface area (Å²) in [4.78, 5) is 19.4. The summed E-state index contributed by atoms with van der Waals surface area (Å²) in [7, 11) is 0. The molecule has 0 saturated heterocycles. The van der Waals surface area contributed by atoms with Crippen molar-refractivity contribution in [1.82, 2.24) is 14.5 Å². The lowest BCUT2D eigenvalue weighted by molar-refractivity contribution is -0.137. The minimum atomic E-state index is -0.826. The molecule has 0 saturated carbocycles. The molecule has 0 radical (unpaired) electrons. The van der Waals surface area contributed by atoms with Crippen molar-refractivity contribution in [3.8, 4) is 5.75 Å². The van der Waals surface area contributed by atoms with Crippen LogP contribution in [-0.2, 0) is 11.3 Å². The van der Waals surface area contributed by atoms with Crippen molar-refractivity contribution in [3.05, 3.63) is 51.5 Å². The molecule has 1 aromatic carbocycles. The van der Waals surface area contributed by atoms with Gasteiger partial charge >= 0.3 is 5.97 Å². The van der Waals surface area contributed by atoms with Crippen LogP contribution in [0, 0.1) is 13.8 Å². The number of nitrogens with zero attached hydrogens (tertiary/aromatic N) is 3. The first-order chi connectivity index (χ1) is 12.8. The number of aryl methyl sites for hydroxylation is 2. The predicted octanol–water partition coefficient (Wildman–Crippen LogP) is 4.65. The second-order valence-corrected chi connectivity index (χ2v) is 7.03. The maximum atomic E-state index is 10.6. The highest BCUT2D eigenvalue weighted by Gasteiger charge is 2.14. The molecule has 0 aliphatic heterocycles. The van der Waals surface area contributed by atoms with Gasteiger partial charge in [0.25, 0.3) is 0 Å². The van der Waals surface area contributed by atoms with Crippen molar-refractivity contribution in [3.63, 3.8) is 0 Å². The van der Waals surface area contributed by atoms with Crippen LogP contribution in [0.5, 0.6) is 5.75 Å². The summed E-state index contributed by atoms with van der Waals surface area (Å²) in [6.45, 7) is 4.76. The molecule has 3 rings (SSSR count). The number of pyridine rings is 1. The Balaban J connectivity index is 1.90. The van der Waals surface area contributed by atoms with E-state index in [9.17, 15) is 4.79 Å². The fourth-order valence-corrected chi connectivity index (χ4v) is 3.31. The van der Waals surface area contributed by atoms with Gasteiger partial charge in [0.05, 0.1) is 24.2 Å². The van der Waals surface area contributed by atoms with Gasteiger partial charge in [-0.15, -0.1) is 0 Å². The van der Waals surface area contributed by atoms with Crippen molar-refractivity contribution in [2.75, 3.05) is 6.61 Å². The lowest BCUT2D eigenvalue weighted by Gasteiger charge is -2.11. The van der Waals surface area contributed by atoms with Crippen molar-refractivity contribution < 1.29 is 14.6 Å². The minimum absolute atomic E-state index is 0.0837. The summed E-state index contributed by atoms with van der Waals surface area (Å²) >= 11 is 12.1. The third-order valence-electron chi connectivity index (χ3n) is 4.23. The maximum Gasteiger partial charge on any atom is 0.303 e. The monoisotopic (exact) mass is 407 g/mol. The van der Waals surface area contributed by atoms with E-state index >= 15 is 0 Å². The minimum Gasteiger partial charge on any atom is -0.493 e. The van der Waals surface area contributed by atoms with Crippen LogP contribution < -0.4 is 4.74 Å². The lowest BCUT2D eigenvalue weighted by atomic mass is 10.2. The molecule has 0 aliphatic rings. The first-order valence-electron chi connectivity index (χ1n) is 8.48. The number of halogens is 2. The van der Waals surface area contributed by atoms with Gasteiger partial charge in [-0.25, -0.2) is 9.97 Å². The van der Waals surface area contributed by atoms with Crippen molar-refractivity contribution in [1.29, 1.82) is 0 Å². The lowest BCUT2D eigenvalue weighted by Crippen LogP contribution is -2.04. The number of rotatable bonds is 7. The number of imidazole rings is 1. The van der Waals surface area contributed by atoms with Crippen LogP contribution in [0.3, 0.4) is 0 Å². The van der Waals surface area contributed by atoms with E-state index < -0.39 is 5.97 Å². The second kappa shape index (κ2) is 8.15. The molecule has 0 fully saturated rings. The maximum absolute atomic E-state index is 10.6. The average molecular weight is 408 g/mol. The van der Waals surface area contributed by atoms with E-state index in [2.05, 4.69) is 9.97 Å². The summed E-state index contributed by atoms with van der Waals surface area (Å²) in [5, 5.41) is 9.44. The highest BCUT2D eigenvalue weighted by molar-refractivity contribution is 6.32. The van der Waals surface area contributed by atoms with Crippen LogP contribution in [-0.4, -0.2) is 32.2 Å². The molecular weight excluding hydrogens is 389 g/mol. The van der Waals surface area contributed by atoms with Gasteiger partial charge in [0.2, 0.25) is 0 Å². The summed E-state index contributed by atoms with van der Waals surface area (Å²) in [5.74, 6) is 0.710. The third kappa shape index (κ3) is 4.51. The topological polar surface area (TPSA) is 77.2 Å². The van der Waals surface area contributed by atoms with E-state index in [1.807, 2.05) is 36.6 Å². The highest BCUT2D eigenvalue weighted by Crippen LogP contribution is 2.28. The van der Waals surface area contributed by atoms with E-state index in [-0.39, 0.29) is 6.42 Å². The second-order valence-electron chi connectivity index (χ2n) is 6.28. The predicted molar refractivity (Wildman–Crippen MR) is 105 cm³/mol. The number of carboxylic acids is 1. The Morgan fingerprint density at radius 3 is 2.70 bits per heavy atom. The first-order valence-corrected chi connectivity index (χ1v) is 9.23. The third-order valence-corrected chi connectivity index (χ3v) is 4.77. The van der Waals surface area contributed by atoms with Crippen LogP contribution in [0.2, 0.25) is 10.3 Å². The summed E-state index contributed by atoms with van der Waals surface area (Å²) < 4.78 is 7.78. The number of fused-ring (bicyclic) bond motifs is 1. The number of aliphatic carboxylic acids is 1. The van der Waals surface area contributed by atoms with E-state index in [1.165, 1.54) is 0 Å². The number of benzene rings is 1. The molecule has 8 heteroatoms. The van der Waals surface area contributed by atoms with Gasteiger partial charge < -0.3 is 14.4 Å². The van der Waals surface area contributed by atoms with Gasteiger partial charge in [-0.3, -0.25) is 4.79 Å². The van der Waals surface area contributed by atoms with Crippen LogP contribution in [0.15, 0.2) is 24.3 Å². The van der Waals surface area contributed by atoms with Gasteiger partial charge in [-0.2, -0.15) is 0 Å².